The van der Waals surface area contributed by atoms with E-state index in [9.17, 15) is 23.2 Å². The van der Waals surface area contributed by atoms with Gasteiger partial charge in [0.05, 0.1) is 11.6 Å². The minimum atomic E-state index is -4.38. The largest absolute Gasteiger partial charge is 0.416 e. The molecule has 0 fully saturated rings. The van der Waals surface area contributed by atoms with E-state index in [4.69, 9.17) is 5.73 Å². The molecule has 1 atom stereocenters. The molecular weight excluding hydrogens is 333 g/mol. The molecule has 0 aromatic heterocycles. The summed E-state index contributed by atoms with van der Waals surface area (Å²) in [6.07, 6.45) is -4.38. The molecule has 0 aliphatic rings. The summed E-state index contributed by atoms with van der Waals surface area (Å²) >= 11 is 0. The number of nitrogens with two attached hydrogens (primary N) is 1. The third-order valence-electron chi connectivity index (χ3n) is 3.53. The van der Waals surface area contributed by atoms with Crippen LogP contribution < -0.4 is 5.73 Å². The van der Waals surface area contributed by atoms with Crippen LogP contribution in [0.1, 0.15) is 35.2 Å². The summed E-state index contributed by atoms with van der Waals surface area (Å²) < 4.78 is 37.6. The van der Waals surface area contributed by atoms with Gasteiger partial charge in [0.15, 0.2) is 0 Å². The number of benzene rings is 2. The van der Waals surface area contributed by atoms with Gasteiger partial charge in [-0.3, -0.25) is 5.21 Å². The Morgan fingerprint density at radius 3 is 2.28 bits per heavy atom. The zero-order valence-electron chi connectivity index (χ0n) is 13.2. The quantitative estimate of drug-likeness (QED) is 0.490. The highest BCUT2D eigenvalue weighted by atomic mass is 19.4. The molecule has 4 nitrogen and oxygen atoms in total. The molecule has 0 saturated carbocycles. The van der Waals surface area contributed by atoms with E-state index in [1.54, 1.807) is 31.2 Å². The summed E-state index contributed by atoms with van der Waals surface area (Å²) in [6, 6.07) is 9.65. The van der Waals surface area contributed by atoms with Crippen LogP contribution >= 0.6 is 0 Å². The fraction of sp³-hybridized carbons (Fsp3) is 0.167. The van der Waals surface area contributed by atoms with Crippen molar-refractivity contribution in [1.29, 1.82) is 0 Å². The highest BCUT2D eigenvalue weighted by Crippen LogP contribution is 2.29. The van der Waals surface area contributed by atoms with E-state index in [-0.39, 0.29) is 0 Å². The third-order valence-corrected chi connectivity index (χ3v) is 3.53. The van der Waals surface area contributed by atoms with E-state index < -0.39 is 23.8 Å². The predicted octanol–water partition coefficient (Wildman–Crippen LogP) is 3.94. The zero-order valence-corrected chi connectivity index (χ0v) is 13.2. The van der Waals surface area contributed by atoms with E-state index >= 15 is 0 Å². The second-order valence-electron chi connectivity index (χ2n) is 5.31. The molecule has 0 bridgehead atoms. The normalized spacial score (nSPS) is 12.0. The van der Waals surface area contributed by atoms with E-state index in [1.165, 1.54) is 12.1 Å². The van der Waals surface area contributed by atoms with Crippen LogP contribution in [-0.4, -0.2) is 16.3 Å². The maximum atomic E-state index is 12.5. The molecule has 3 N–H and O–H groups in total. The lowest BCUT2D eigenvalue weighted by Crippen LogP contribution is -2.34. The van der Waals surface area contributed by atoms with Gasteiger partial charge in [-0.1, -0.05) is 24.0 Å². The number of amides is 2. The standard InChI is InChI=1S/C18H15F3N2O2/c1-12(23(25)17(22)24)15-4-2-3-14(11-15)6-5-13-7-9-16(10-8-13)18(19,20)21/h2-4,7-12,25H,1H3,(H2,22,24). The Labute approximate surface area is 142 Å². The molecule has 2 aromatic carbocycles. The van der Waals surface area contributed by atoms with E-state index in [2.05, 4.69) is 11.8 Å². The first-order chi connectivity index (χ1) is 11.7. The lowest BCUT2D eigenvalue weighted by molar-refractivity contribution is -0.137. The van der Waals surface area contributed by atoms with Crippen molar-refractivity contribution in [3.05, 3.63) is 70.8 Å². The van der Waals surface area contributed by atoms with Crippen LogP contribution in [0.2, 0.25) is 0 Å². The van der Waals surface area contributed by atoms with Crippen molar-refractivity contribution in [3.63, 3.8) is 0 Å². The fourth-order valence-corrected chi connectivity index (χ4v) is 2.10. The van der Waals surface area contributed by atoms with Crippen LogP contribution in [0.25, 0.3) is 0 Å². The van der Waals surface area contributed by atoms with Gasteiger partial charge in [-0.15, -0.1) is 0 Å². The number of nitrogens with zero attached hydrogens (tertiary/aromatic N) is 1. The van der Waals surface area contributed by atoms with Crippen LogP contribution in [0.15, 0.2) is 48.5 Å². The smallest absolute Gasteiger partial charge is 0.350 e. The number of carbonyl (C=O) groups is 1. The highest BCUT2D eigenvalue weighted by molar-refractivity contribution is 5.71. The first kappa shape index (κ1) is 18.4. The number of alkyl halides is 3. The van der Waals surface area contributed by atoms with Gasteiger partial charge in [0.2, 0.25) is 0 Å². The average Bonchev–Trinajstić information content (AvgIpc) is 2.58. The maximum Gasteiger partial charge on any atom is 0.416 e. The van der Waals surface area contributed by atoms with Crippen LogP contribution in [-0.2, 0) is 6.18 Å². The molecule has 0 heterocycles. The average molecular weight is 348 g/mol. The topological polar surface area (TPSA) is 66.6 Å². The van der Waals surface area contributed by atoms with Gasteiger partial charge in [-0.25, -0.2) is 4.79 Å². The molecular formula is C18H15F3N2O2. The third kappa shape index (κ3) is 4.75. The van der Waals surface area contributed by atoms with Crippen molar-refractivity contribution in [2.75, 3.05) is 0 Å². The Morgan fingerprint density at radius 2 is 1.72 bits per heavy atom. The minimum Gasteiger partial charge on any atom is -0.350 e. The number of rotatable bonds is 2. The summed E-state index contributed by atoms with van der Waals surface area (Å²) in [5, 5.41) is 9.97. The van der Waals surface area contributed by atoms with Gasteiger partial charge < -0.3 is 5.73 Å². The minimum absolute atomic E-state index is 0.405. The Kier molecular flexibility index (Phi) is 5.35. The number of hydrogen-bond acceptors (Lipinski definition) is 2. The molecule has 1 unspecified atom stereocenters. The fourth-order valence-electron chi connectivity index (χ4n) is 2.10. The number of urea groups is 1. The Balaban J connectivity index is 2.21. The van der Waals surface area contributed by atoms with Crippen molar-refractivity contribution >= 4 is 6.03 Å². The first-order valence-electron chi connectivity index (χ1n) is 7.25. The predicted molar refractivity (Wildman–Crippen MR) is 85.5 cm³/mol. The number of hydroxylamine groups is 2. The van der Waals surface area contributed by atoms with Crippen LogP contribution in [0.4, 0.5) is 18.0 Å². The van der Waals surface area contributed by atoms with Gasteiger partial charge in [0, 0.05) is 11.1 Å². The number of hydrogen-bond donors (Lipinski definition) is 2. The summed E-state index contributed by atoms with van der Waals surface area (Å²) in [5.74, 6) is 5.61. The molecule has 0 aliphatic carbocycles. The number of halogens is 3. The Morgan fingerprint density at radius 1 is 1.12 bits per heavy atom. The second-order valence-corrected chi connectivity index (χ2v) is 5.31. The SMILES string of the molecule is CC(c1cccc(C#Cc2ccc(C(F)(F)F)cc2)c1)N(O)C(N)=O. The molecule has 2 rings (SSSR count). The highest BCUT2D eigenvalue weighted by Gasteiger charge is 2.29. The zero-order chi connectivity index (χ0) is 18.6. The Bertz CT molecular complexity index is 821. The van der Waals surface area contributed by atoms with Crippen LogP contribution in [0.5, 0.6) is 0 Å². The molecule has 0 spiro atoms. The van der Waals surface area contributed by atoms with E-state index in [0.29, 0.717) is 21.8 Å². The molecule has 0 aliphatic heterocycles. The molecule has 0 radical (unpaired) electrons. The Hall–Kier alpha value is -2.98. The van der Waals surface area contributed by atoms with Gasteiger partial charge in [0.1, 0.15) is 0 Å². The van der Waals surface area contributed by atoms with E-state index in [0.717, 1.165) is 12.1 Å². The van der Waals surface area contributed by atoms with Crippen molar-refractivity contribution in [3.8, 4) is 11.8 Å². The summed E-state index contributed by atoms with van der Waals surface area (Å²) in [6.45, 7) is 1.59. The molecule has 25 heavy (non-hydrogen) atoms. The van der Waals surface area contributed by atoms with Crippen LogP contribution in [0.3, 0.4) is 0 Å². The lowest BCUT2D eigenvalue weighted by Gasteiger charge is -2.20. The van der Waals surface area contributed by atoms with Crippen molar-refractivity contribution in [2.24, 2.45) is 5.73 Å². The van der Waals surface area contributed by atoms with Crippen molar-refractivity contribution < 1.29 is 23.2 Å². The molecule has 2 aromatic rings. The molecule has 130 valence electrons. The summed E-state index contributed by atoms with van der Waals surface area (Å²) in [4.78, 5) is 11.0. The molecule has 7 heteroatoms. The number of carbonyl (C=O) groups excluding carboxylic acids is 1. The first-order valence-corrected chi connectivity index (χ1v) is 7.25. The van der Waals surface area contributed by atoms with Gasteiger partial charge >= 0.3 is 12.2 Å². The maximum absolute atomic E-state index is 12.5. The summed E-state index contributed by atoms with van der Waals surface area (Å²) in [7, 11) is 0. The monoisotopic (exact) mass is 348 g/mol. The van der Waals surface area contributed by atoms with E-state index in [1.807, 2.05) is 0 Å². The number of primary amides is 1. The van der Waals surface area contributed by atoms with Crippen molar-refractivity contribution in [1.82, 2.24) is 5.06 Å². The molecule has 0 saturated heterocycles. The molecule has 2 amide bonds. The van der Waals surface area contributed by atoms with Crippen molar-refractivity contribution in [2.45, 2.75) is 19.1 Å². The lowest BCUT2D eigenvalue weighted by atomic mass is 10.0. The van der Waals surface area contributed by atoms with Gasteiger partial charge in [-0.2, -0.15) is 18.2 Å². The summed E-state index contributed by atoms with van der Waals surface area (Å²) in [5.41, 5.74) is 5.92. The van der Waals surface area contributed by atoms with Crippen LogP contribution in [0, 0.1) is 11.8 Å². The second kappa shape index (κ2) is 7.28. The van der Waals surface area contributed by atoms with Gasteiger partial charge in [0.25, 0.3) is 0 Å². The van der Waals surface area contributed by atoms with Gasteiger partial charge in [-0.05, 0) is 48.9 Å².